The van der Waals surface area contributed by atoms with Crippen molar-refractivity contribution in [1.29, 1.82) is 0 Å². The lowest BCUT2D eigenvalue weighted by molar-refractivity contribution is -0.140. The third-order valence-electron chi connectivity index (χ3n) is 6.15. The van der Waals surface area contributed by atoms with E-state index in [1.165, 1.54) is 17.0 Å². The van der Waals surface area contributed by atoms with Gasteiger partial charge in [0, 0.05) is 16.2 Å². The van der Waals surface area contributed by atoms with Gasteiger partial charge in [0.05, 0.1) is 11.9 Å². The Labute approximate surface area is 220 Å². The highest BCUT2D eigenvalue weighted by atomic mass is 127. The normalized spacial score (nSPS) is 15.0. The molecule has 1 N–H and O–H groups in total. The first-order chi connectivity index (χ1) is 16.6. The van der Waals surface area contributed by atoms with Crippen molar-refractivity contribution in [2.24, 2.45) is 0 Å². The monoisotopic (exact) mass is 615 g/mol. The number of amides is 2. The molecule has 2 aromatic rings. The molecule has 0 aliphatic heterocycles. The largest absolute Gasteiger partial charge is 0.352 e. The van der Waals surface area contributed by atoms with Crippen LogP contribution in [0.5, 0.6) is 0 Å². The standard InChI is InChI=1S/C25H31FIN3O4S/c1-3-23(25(32)28-21-6-4-5-7-21)29(16-18-8-10-19(26)11-9-18)24(31)17-30(35(2,33)34)22-14-12-20(27)13-15-22/h8-15,21,23H,3-7,16-17H2,1-2H3,(H,28,32)/t23-/m1/s1. The van der Waals surface area contributed by atoms with Crippen LogP contribution in [0.1, 0.15) is 44.6 Å². The molecule has 0 saturated heterocycles. The number of halogens is 2. The average Bonchev–Trinajstić information content (AvgIpc) is 3.31. The molecule has 2 amide bonds. The molecule has 35 heavy (non-hydrogen) atoms. The highest BCUT2D eigenvalue weighted by molar-refractivity contribution is 14.1. The predicted molar refractivity (Wildman–Crippen MR) is 143 cm³/mol. The van der Waals surface area contributed by atoms with Gasteiger partial charge in [0.15, 0.2) is 0 Å². The second kappa shape index (κ2) is 12.2. The minimum Gasteiger partial charge on any atom is -0.352 e. The molecule has 0 bridgehead atoms. The molecule has 0 heterocycles. The Hall–Kier alpha value is -2.21. The van der Waals surface area contributed by atoms with Crippen LogP contribution in [0, 0.1) is 9.39 Å². The lowest BCUT2D eigenvalue weighted by atomic mass is 10.1. The summed E-state index contributed by atoms with van der Waals surface area (Å²) in [6.07, 6.45) is 5.32. The molecule has 0 radical (unpaired) electrons. The molecule has 1 aliphatic carbocycles. The fourth-order valence-electron chi connectivity index (χ4n) is 4.29. The van der Waals surface area contributed by atoms with Crippen LogP contribution in [-0.4, -0.2) is 50.0 Å². The van der Waals surface area contributed by atoms with Crippen LogP contribution in [0.15, 0.2) is 48.5 Å². The molecular formula is C25H31FIN3O4S. The van der Waals surface area contributed by atoms with Crippen LogP contribution < -0.4 is 9.62 Å². The van der Waals surface area contributed by atoms with E-state index in [0.29, 0.717) is 17.7 Å². The number of nitrogens with one attached hydrogen (secondary N) is 1. The van der Waals surface area contributed by atoms with Gasteiger partial charge in [0.25, 0.3) is 0 Å². The zero-order valence-electron chi connectivity index (χ0n) is 19.9. The Morgan fingerprint density at radius 1 is 1.09 bits per heavy atom. The fraction of sp³-hybridized carbons (Fsp3) is 0.440. The molecule has 0 unspecified atom stereocenters. The van der Waals surface area contributed by atoms with Gasteiger partial charge in [0.1, 0.15) is 18.4 Å². The van der Waals surface area contributed by atoms with Crippen molar-refractivity contribution < 1.29 is 22.4 Å². The van der Waals surface area contributed by atoms with Crippen LogP contribution in [0.2, 0.25) is 0 Å². The van der Waals surface area contributed by atoms with E-state index in [0.717, 1.165) is 39.8 Å². The number of hydrogen-bond acceptors (Lipinski definition) is 4. The van der Waals surface area contributed by atoms with Crippen molar-refractivity contribution >= 4 is 50.1 Å². The summed E-state index contributed by atoms with van der Waals surface area (Å²) in [5.41, 5.74) is 1.01. The van der Waals surface area contributed by atoms with Crippen molar-refractivity contribution in [2.75, 3.05) is 17.1 Å². The number of rotatable bonds is 10. The molecule has 1 aliphatic rings. The summed E-state index contributed by atoms with van der Waals surface area (Å²) in [4.78, 5) is 28.2. The Balaban J connectivity index is 1.90. The van der Waals surface area contributed by atoms with Gasteiger partial charge in [0.2, 0.25) is 21.8 Å². The summed E-state index contributed by atoms with van der Waals surface area (Å²) in [6, 6.07) is 11.8. The van der Waals surface area contributed by atoms with Gasteiger partial charge < -0.3 is 10.2 Å². The van der Waals surface area contributed by atoms with E-state index in [2.05, 4.69) is 27.9 Å². The number of anilines is 1. The number of carbonyl (C=O) groups is 2. The minimum atomic E-state index is -3.78. The fourth-order valence-corrected chi connectivity index (χ4v) is 5.50. The van der Waals surface area contributed by atoms with Gasteiger partial charge in [-0.25, -0.2) is 12.8 Å². The van der Waals surface area contributed by atoms with Crippen molar-refractivity contribution in [3.8, 4) is 0 Å². The molecule has 1 saturated carbocycles. The predicted octanol–water partition coefficient (Wildman–Crippen LogP) is 4.06. The summed E-state index contributed by atoms with van der Waals surface area (Å²) in [5.74, 6) is -1.17. The highest BCUT2D eigenvalue weighted by Crippen LogP contribution is 2.22. The minimum absolute atomic E-state index is 0.0556. The SMILES string of the molecule is CC[C@H](C(=O)NC1CCCC1)N(Cc1ccc(F)cc1)C(=O)CN(c1ccc(I)cc1)S(C)(=O)=O. The summed E-state index contributed by atoms with van der Waals surface area (Å²) >= 11 is 2.12. The second-order valence-electron chi connectivity index (χ2n) is 8.81. The highest BCUT2D eigenvalue weighted by Gasteiger charge is 2.33. The van der Waals surface area contributed by atoms with E-state index in [4.69, 9.17) is 0 Å². The Morgan fingerprint density at radius 3 is 2.23 bits per heavy atom. The van der Waals surface area contributed by atoms with Crippen LogP contribution in [0.4, 0.5) is 10.1 Å². The van der Waals surface area contributed by atoms with Crippen molar-refractivity contribution in [1.82, 2.24) is 10.2 Å². The number of sulfonamides is 1. The molecule has 1 fully saturated rings. The van der Waals surface area contributed by atoms with Gasteiger partial charge in [-0.05, 0) is 83.8 Å². The first-order valence-corrected chi connectivity index (χ1v) is 14.6. The van der Waals surface area contributed by atoms with Gasteiger partial charge in [-0.2, -0.15) is 0 Å². The average molecular weight is 616 g/mol. The van der Waals surface area contributed by atoms with Gasteiger partial charge in [-0.15, -0.1) is 0 Å². The number of nitrogens with zero attached hydrogens (tertiary/aromatic N) is 2. The molecular weight excluding hydrogens is 584 g/mol. The van der Waals surface area contributed by atoms with E-state index in [9.17, 15) is 22.4 Å². The summed E-state index contributed by atoms with van der Waals surface area (Å²) in [7, 11) is -3.78. The maximum atomic E-state index is 13.6. The molecule has 3 rings (SSSR count). The summed E-state index contributed by atoms with van der Waals surface area (Å²) < 4.78 is 40.7. The maximum absolute atomic E-state index is 13.6. The number of carbonyl (C=O) groups excluding carboxylic acids is 2. The summed E-state index contributed by atoms with van der Waals surface area (Å²) in [6.45, 7) is 1.42. The van der Waals surface area contributed by atoms with E-state index in [1.54, 1.807) is 36.4 Å². The second-order valence-corrected chi connectivity index (χ2v) is 12.0. The van der Waals surface area contributed by atoms with Crippen molar-refractivity contribution in [3.63, 3.8) is 0 Å². The quantitative estimate of drug-likeness (QED) is 0.409. The lowest BCUT2D eigenvalue weighted by Gasteiger charge is -2.33. The first-order valence-electron chi connectivity index (χ1n) is 11.7. The van der Waals surface area contributed by atoms with Crippen LogP contribution in [0.3, 0.4) is 0 Å². The van der Waals surface area contributed by atoms with Crippen molar-refractivity contribution in [2.45, 2.75) is 57.7 Å². The molecule has 1 atom stereocenters. The molecule has 0 aromatic heterocycles. The van der Waals surface area contributed by atoms with Crippen molar-refractivity contribution in [3.05, 3.63) is 63.5 Å². The van der Waals surface area contributed by atoms with E-state index in [1.807, 2.05) is 6.92 Å². The zero-order valence-corrected chi connectivity index (χ0v) is 22.9. The molecule has 0 spiro atoms. The third kappa shape index (κ3) is 7.63. The van der Waals surface area contributed by atoms with E-state index >= 15 is 0 Å². The van der Waals surface area contributed by atoms with Gasteiger partial charge in [-0.3, -0.25) is 13.9 Å². The molecule has 190 valence electrons. The molecule has 10 heteroatoms. The molecule has 7 nitrogen and oxygen atoms in total. The summed E-state index contributed by atoms with van der Waals surface area (Å²) in [5, 5.41) is 3.06. The number of hydrogen-bond donors (Lipinski definition) is 1. The Morgan fingerprint density at radius 2 is 1.69 bits per heavy atom. The zero-order chi connectivity index (χ0) is 25.6. The lowest BCUT2D eigenvalue weighted by Crippen LogP contribution is -2.53. The van der Waals surface area contributed by atoms with Crippen LogP contribution in [-0.2, 0) is 26.2 Å². The van der Waals surface area contributed by atoms with Crippen LogP contribution >= 0.6 is 22.6 Å². The smallest absolute Gasteiger partial charge is 0.244 e. The van der Waals surface area contributed by atoms with E-state index < -0.39 is 34.3 Å². The maximum Gasteiger partial charge on any atom is 0.244 e. The van der Waals surface area contributed by atoms with Gasteiger partial charge >= 0.3 is 0 Å². The number of benzene rings is 2. The Bertz CT molecular complexity index is 1120. The Kier molecular flexibility index (Phi) is 9.51. The molecule has 2 aromatic carbocycles. The topological polar surface area (TPSA) is 86.8 Å². The third-order valence-corrected chi connectivity index (χ3v) is 8.01. The van der Waals surface area contributed by atoms with Crippen LogP contribution in [0.25, 0.3) is 0 Å². The van der Waals surface area contributed by atoms with Gasteiger partial charge in [-0.1, -0.05) is 31.9 Å². The first kappa shape index (κ1) is 27.4. The van der Waals surface area contributed by atoms with E-state index in [-0.39, 0.29) is 18.5 Å².